The van der Waals surface area contributed by atoms with Crippen molar-refractivity contribution < 1.29 is 0 Å². The third-order valence-corrected chi connectivity index (χ3v) is 5.12. The van der Waals surface area contributed by atoms with Crippen LogP contribution in [0.4, 0.5) is 0 Å². The van der Waals surface area contributed by atoms with Gasteiger partial charge in [0.1, 0.15) is 5.82 Å². The van der Waals surface area contributed by atoms with Gasteiger partial charge >= 0.3 is 0 Å². The molecule has 18 heavy (non-hydrogen) atoms. The van der Waals surface area contributed by atoms with Gasteiger partial charge in [-0.1, -0.05) is 27.7 Å². The molecule has 1 aromatic heterocycles. The van der Waals surface area contributed by atoms with Crippen LogP contribution in [0.5, 0.6) is 0 Å². The Morgan fingerprint density at radius 3 is 2.61 bits per heavy atom. The number of aromatic amines is 1. The first-order chi connectivity index (χ1) is 8.43. The maximum absolute atomic E-state index is 11.8. The van der Waals surface area contributed by atoms with Gasteiger partial charge in [0.25, 0.3) is 5.56 Å². The minimum Gasteiger partial charge on any atom is -0.309 e. The number of nitrogens with one attached hydrogen (secondary N) is 1. The summed E-state index contributed by atoms with van der Waals surface area (Å²) < 4.78 is 0.735. The molecule has 0 spiro atoms. The second-order valence-electron chi connectivity index (χ2n) is 4.90. The summed E-state index contributed by atoms with van der Waals surface area (Å²) >= 11 is 3.93. The Bertz CT molecular complexity index is 445. The average Bonchev–Trinajstić information content (AvgIpc) is 2.31. The standard InChI is InChI=1S/C13H21IN2OS/c1-5-9(4)18-7-11-15-10(6-8(2)3)12(14)13(17)16-11/h8-9H,5-7H2,1-4H3,(H,15,16,17). The van der Waals surface area contributed by atoms with Gasteiger partial charge in [0.05, 0.1) is 15.0 Å². The smallest absolute Gasteiger partial charge is 0.264 e. The van der Waals surface area contributed by atoms with E-state index in [0.29, 0.717) is 11.2 Å². The quantitative estimate of drug-likeness (QED) is 0.767. The Labute approximate surface area is 127 Å². The zero-order valence-electron chi connectivity index (χ0n) is 11.4. The van der Waals surface area contributed by atoms with Crippen molar-refractivity contribution in [2.45, 2.75) is 51.5 Å². The number of halogens is 1. The lowest BCUT2D eigenvalue weighted by Gasteiger charge is -2.10. The largest absolute Gasteiger partial charge is 0.309 e. The molecule has 0 aliphatic carbocycles. The molecule has 0 aliphatic heterocycles. The number of nitrogens with zero attached hydrogens (tertiary/aromatic N) is 1. The van der Waals surface area contributed by atoms with Gasteiger partial charge in [-0.05, 0) is 41.4 Å². The van der Waals surface area contributed by atoms with E-state index in [9.17, 15) is 4.79 Å². The molecule has 0 aliphatic rings. The molecule has 0 aromatic carbocycles. The maximum Gasteiger partial charge on any atom is 0.264 e. The lowest BCUT2D eigenvalue weighted by atomic mass is 10.1. The fourth-order valence-corrected chi connectivity index (χ4v) is 2.78. The van der Waals surface area contributed by atoms with E-state index < -0.39 is 0 Å². The normalized spacial score (nSPS) is 13.0. The van der Waals surface area contributed by atoms with Crippen molar-refractivity contribution in [2.24, 2.45) is 5.92 Å². The van der Waals surface area contributed by atoms with Crippen LogP contribution in [0, 0.1) is 9.49 Å². The fourth-order valence-electron chi connectivity index (χ4n) is 1.49. The third-order valence-electron chi connectivity index (χ3n) is 2.66. The zero-order chi connectivity index (χ0) is 13.7. The van der Waals surface area contributed by atoms with Gasteiger partial charge < -0.3 is 4.98 Å². The van der Waals surface area contributed by atoms with Crippen LogP contribution in [0.25, 0.3) is 0 Å². The number of rotatable bonds is 6. The highest BCUT2D eigenvalue weighted by atomic mass is 127. The van der Waals surface area contributed by atoms with Crippen molar-refractivity contribution in [3.05, 3.63) is 25.4 Å². The highest BCUT2D eigenvalue weighted by Gasteiger charge is 2.11. The molecular formula is C13H21IN2OS. The predicted molar refractivity (Wildman–Crippen MR) is 87.2 cm³/mol. The SMILES string of the molecule is CCC(C)SCc1nc(CC(C)C)c(I)c(=O)[nH]1. The van der Waals surface area contributed by atoms with Crippen molar-refractivity contribution in [1.29, 1.82) is 0 Å². The average molecular weight is 380 g/mol. The zero-order valence-corrected chi connectivity index (χ0v) is 14.4. The van der Waals surface area contributed by atoms with Crippen molar-refractivity contribution in [3.8, 4) is 0 Å². The molecule has 1 atom stereocenters. The van der Waals surface area contributed by atoms with Crippen LogP contribution < -0.4 is 5.56 Å². The second kappa shape index (κ2) is 7.53. The summed E-state index contributed by atoms with van der Waals surface area (Å²) in [5, 5.41) is 0.600. The van der Waals surface area contributed by atoms with E-state index in [1.165, 1.54) is 0 Å². The Morgan fingerprint density at radius 1 is 1.39 bits per heavy atom. The molecule has 3 nitrogen and oxygen atoms in total. The van der Waals surface area contributed by atoms with Crippen LogP contribution in [0.15, 0.2) is 4.79 Å². The predicted octanol–water partition coefficient (Wildman–Crippen LogP) is 3.60. The fraction of sp³-hybridized carbons (Fsp3) is 0.692. The highest BCUT2D eigenvalue weighted by molar-refractivity contribution is 14.1. The summed E-state index contributed by atoms with van der Waals surface area (Å²) in [5.41, 5.74) is 0.940. The van der Waals surface area contributed by atoms with Crippen molar-refractivity contribution >= 4 is 34.4 Å². The van der Waals surface area contributed by atoms with Crippen LogP contribution >= 0.6 is 34.4 Å². The molecule has 1 unspecified atom stereocenters. The van der Waals surface area contributed by atoms with E-state index in [4.69, 9.17) is 0 Å². The van der Waals surface area contributed by atoms with Crippen LogP contribution in [0.1, 0.15) is 45.6 Å². The lowest BCUT2D eigenvalue weighted by molar-refractivity contribution is 0.627. The monoisotopic (exact) mass is 380 g/mol. The summed E-state index contributed by atoms with van der Waals surface area (Å²) in [6, 6.07) is 0. The Balaban J connectivity index is 2.87. The van der Waals surface area contributed by atoms with E-state index in [-0.39, 0.29) is 5.56 Å². The van der Waals surface area contributed by atoms with E-state index in [1.807, 2.05) is 11.8 Å². The first-order valence-electron chi connectivity index (χ1n) is 6.33. The molecule has 0 saturated carbocycles. The first-order valence-corrected chi connectivity index (χ1v) is 8.45. The number of aromatic nitrogens is 2. The van der Waals surface area contributed by atoms with E-state index in [1.54, 1.807) is 0 Å². The second-order valence-corrected chi connectivity index (χ2v) is 7.41. The number of H-pyrrole nitrogens is 1. The topological polar surface area (TPSA) is 45.8 Å². The summed E-state index contributed by atoms with van der Waals surface area (Å²) in [6.45, 7) is 8.66. The minimum atomic E-state index is 0.000927. The molecule has 0 bridgehead atoms. The van der Waals surface area contributed by atoms with E-state index >= 15 is 0 Å². The van der Waals surface area contributed by atoms with Gasteiger partial charge in [0, 0.05) is 5.25 Å². The van der Waals surface area contributed by atoms with Gasteiger partial charge in [0.2, 0.25) is 0 Å². The first kappa shape index (κ1) is 16.0. The van der Waals surface area contributed by atoms with Gasteiger partial charge in [-0.2, -0.15) is 11.8 Å². The van der Waals surface area contributed by atoms with E-state index in [2.05, 4.69) is 60.3 Å². The van der Waals surface area contributed by atoms with E-state index in [0.717, 1.165) is 33.7 Å². The third kappa shape index (κ3) is 4.91. The van der Waals surface area contributed by atoms with Crippen LogP contribution in [0.3, 0.4) is 0 Å². The molecular weight excluding hydrogens is 359 g/mol. The van der Waals surface area contributed by atoms with Crippen molar-refractivity contribution in [3.63, 3.8) is 0 Å². The Morgan fingerprint density at radius 2 is 2.06 bits per heavy atom. The van der Waals surface area contributed by atoms with Gasteiger partial charge in [-0.15, -0.1) is 0 Å². The molecule has 0 amide bonds. The minimum absolute atomic E-state index is 0.000927. The van der Waals surface area contributed by atoms with Crippen molar-refractivity contribution in [2.75, 3.05) is 0 Å². The van der Waals surface area contributed by atoms with Crippen LogP contribution in [-0.4, -0.2) is 15.2 Å². The molecule has 1 aromatic rings. The molecule has 0 fully saturated rings. The van der Waals surface area contributed by atoms with Gasteiger partial charge in [0.15, 0.2) is 0 Å². The Hall–Kier alpha value is -0.0400. The van der Waals surface area contributed by atoms with Crippen molar-refractivity contribution in [1.82, 2.24) is 9.97 Å². The number of thioether (sulfide) groups is 1. The van der Waals surface area contributed by atoms with Crippen LogP contribution in [0.2, 0.25) is 0 Å². The summed E-state index contributed by atoms with van der Waals surface area (Å²) in [4.78, 5) is 19.3. The molecule has 102 valence electrons. The molecule has 0 saturated heterocycles. The molecule has 1 N–H and O–H groups in total. The highest BCUT2D eigenvalue weighted by Crippen LogP contribution is 2.18. The van der Waals surface area contributed by atoms with Gasteiger partial charge in [-0.25, -0.2) is 4.98 Å². The molecule has 0 radical (unpaired) electrons. The number of hydrogen-bond acceptors (Lipinski definition) is 3. The molecule has 1 heterocycles. The molecule has 5 heteroatoms. The summed E-state index contributed by atoms with van der Waals surface area (Å²) in [5.74, 6) is 2.11. The summed E-state index contributed by atoms with van der Waals surface area (Å²) in [7, 11) is 0. The number of hydrogen-bond donors (Lipinski definition) is 1. The lowest BCUT2D eigenvalue weighted by Crippen LogP contribution is -2.19. The van der Waals surface area contributed by atoms with Gasteiger partial charge in [-0.3, -0.25) is 4.79 Å². The Kier molecular flexibility index (Phi) is 6.70. The van der Waals surface area contributed by atoms with Crippen LogP contribution in [-0.2, 0) is 12.2 Å². The summed E-state index contributed by atoms with van der Waals surface area (Å²) in [6.07, 6.45) is 2.00. The molecule has 1 rings (SSSR count). The maximum atomic E-state index is 11.8.